The normalized spacial score (nSPS) is 20.0. The maximum absolute atomic E-state index is 12.1. The van der Waals surface area contributed by atoms with Crippen LogP contribution in [0.5, 0.6) is 0 Å². The lowest BCUT2D eigenvalue weighted by molar-refractivity contribution is -0.138. The number of aryl methyl sites for hydroxylation is 1. The fraction of sp³-hybridized carbons (Fsp3) is 0.714. The highest BCUT2D eigenvalue weighted by Crippen LogP contribution is 2.15. The summed E-state index contributed by atoms with van der Waals surface area (Å²) in [5.74, 6) is 0.567. The van der Waals surface area contributed by atoms with Gasteiger partial charge in [-0.1, -0.05) is 6.92 Å². The predicted molar refractivity (Wildman–Crippen MR) is 87.0 cm³/mol. The predicted octanol–water partition coefficient (Wildman–Crippen LogP) is 0.991. The number of carbonyl (C=O) groups excluding carboxylic acids is 1. The number of hydrogen-bond acceptors (Lipinski definition) is 5. The van der Waals surface area contributed by atoms with Gasteiger partial charge in [0.1, 0.15) is 0 Å². The number of aromatic nitrogens is 1. The first-order chi connectivity index (χ1) is 9.76. The third-order valence-electron chi connectivity index (χ3n) is 4.10. The monoisotopic (exact) mass is 330 g/mol. The Labute approximate surface area is 136 Å². The first kappa shape index (κ1) is 16.7. The Hall–Kier alpha value is -0.690. The molecule has 0 atom stereocenters. The second-order valence-corrected chi connectivity index (χ2v) is 6.49. The minimum Gasteiger partial charge on any atom is -0.340 e. The van der Waals surface area contributed by atoms with Gasteiger partial charge in [0.25, 0.3) is 0 Å². The van der Waals surface area contributed by atoms with E-state index in [0.29, 0.717) is 5.91 Å². The second-order valence-electron chi connectivity index (χ2n) is 5.54. The highest BCUT2D eigenvalue weighted by Gasteiger charge is 2.31. The van der Waals surface area contributed by atoms with Gasteiger partial charge in [0.05, 0.1) is 16.6 Å². The van der Waals surface area contributed by atoms with Crippen molar-refractivity contribution in [1.82, 2.24) is 20.1 Å². The summed E-state index contributed by atoms with van der Waals surface area (Å²) >= 11 is 1.75. The van der Waals surface area contributed by atoms with Crippen LogP contribution in [0.15, 0.2) is 5.38 Å². The van der Waals surface area contributed by atoms with E-state index in [1.54, 1.807) is 11.3 Å². The third-order valence-corrected chi connectivity index (χ3v) is 5.14. The van der Waals surface area contributed by atoms with E-state index >= 15 is 0 Å². The van der Waals surface area contributed by atoms with Gasteiger partial charge in [-0.2, -0.15) is 0 Å². The number of amides is 1. The van der Waals surface area contributed by atoms with Gasteiger partial charge in [-0.25, -0.2) is 4.98 Å². The standard InChI is InChI=1S/C14H22N4OS.ClH/c1-2-13-16-12(10-20-13)9-17-3-5-18(6-4-17)14(19)11-7-15-8-11;/h10-11,15H,2-9H2,1H3;1H. The van der Waals surface area contributed by atoms with E-state index in [2.05, 4.69) is 27.5 Å². The first-order valence-electron chi connectivity index (χ1n) is 7.41. The molecule has 2 fully saturated rings. The molecule has 2 saturated heterocycles. The van der Waals surface area contributed by atoms with E-state index in [9.17, 15) is 4.79 Å². The largest absolute Gasteiger partial charge is 0.340 e. The summed E-state index contributed by atoms with van der Waals surface area (Å²) in [6, 6.07) is 0. The van der Waals surface area contributed by atoms with Crippen molar-refractivity contribution in [3.63, 3.8) is 0 Å². The first-order valence-corrected chi connectivity index (χ1v) is 8.29. The number of thiazole rings is 1. The maximum atomic E-state index is 12.1. The van der Waals surface area contributed by atoms with E-state index in [4.69, 9.17) is 0 Å². The lowest BCUT2D eigenvalue weighted by Crippen LogP contribution is -2.56. The highest BCUT2D eigenvalue weighted by molar-refractivity contribution is 7.09. The van der Waals surface area contributed by atoms with Crippen molar-refractivity contribution >= 4 is 29.7 Å². The summed E-state index contributed by atoms with van der Waals surface area (Å²) in [5.41, 5.74) is 1.18. The van der Waals surface area contributed by atoms with Crippen LogP contribution >= 0.6 is 23.7 Å². The van der Waals surface area contributed by atoms with Crippen LogP contribution in [0.1, 0.15) is 17.6 Å². The molecule has 3 heterocycles. The van der Waals surface area contributed by atoms with Crippen molar-refractivity contribution in [3.8, 4) is 0 Å². The zero-order valence-electron chi connectivity index (χ0n) is 12.4. The summed E-state index contributed by atoms with van der Waals surface area (Å²) in [5, 5.41) is 6.54. The van der Waals surface area contributed by atoms with Crippen LogP contribution < -0.4 is 5.32 Å². The molecule has 0 aromatic carbocycles. The quantitative estimate of drug-likeness (QED) is 0.894. The molecule has 1 aromatic rings. The minimum absolute atomic E-state index is 0. The van der Waals surface area contributed by atoms with Crippen molar-refractivity contribution in [3.05, 3.63) is 16.1 Å². The van der Waals surface area contributed by atoms with Gasteiger partial charge >= 0.3 is 0 Å². The Morgan fingerprint density at radius 3 is 2.62 bits per heavy atom. The molecule has 1 amide bonds. The zero-order chi connectivity index (χ0) is 13.9. The molecule has 0 bridgehead atoms. The Balaban J connectivity index is 0.00000161. The van der Waals surface area contributed by atoms with Crippen LogP contribution in [0.3, 0.4) is 0 Å². The van der Waals surface area contributed by atoms with Crippen LogP contribution in [0.25, 0.3) is 0 Å². The van der Waals surface area contributed by atoms with Gasteiger partial charge in [-0.15, -0.1) is 23.7 Å². The van der Waals surface area contributed by atoms with Crippen molar-refractivity contribution in [2.75, 3.05) is 39.3 Å². The average Bonchev–Trinajstić information content (AvgIpc) is 2.85. The molecule has 118 valence electrons. The number of piperazine rings is 1. The summed E-state index contributed by atoms with van der Waals surface area (Å²) in [6.07, 6.45) is 1.02. The van der Waals surface area contributed by atoms with Crippen molar-refractivity contribution in [1.29, 1.82) is 0 Å². The second kappa shape index (κ2) is 7.54. The number of carbonyl (C=O) groups is 1. The van der Waals surface area contributed by atoms with Crippen LogP contribution in [-0.2, 0) is 17.8 Å². The topological polar surface area (TPSA) is 48.5 Å². The maximum Gasteiger partial charge on any atom is 0.228 e. The summed E-state index contributed by atoms with van der Waals surface area (Å²) < 4.78 is 0. The molecular weight excluding hydrogens is 308 g/mol. The molecule has 1 N–H and O–H groups in total. The Bertz CT molecular complexity index is 469. The number of nitrogens with zero attached hydrogens (tertiary/aromatic N) is 3. The molecule has 3 rings (SSSR count). The van der Waals surface area contributed by atoms with E-state index in [1.807, 2.05) is 4.90 Å². The number of nitrogens with one attached hydrogen (secondary N) is 1. The molecule has 0 spiro atoms. The molecule has 5 nitrogen and oxygen atoms in total. The molecule has 0 aliphatic carbocycles. The van der Waals surface area contributed by atoms with E-state index < -0.39 is 0 Å². The minimum atomic E-state index is 0. The van der Waals surface area contributed by atoms with Crippen LogP contribution in [0.2, 0.25) is 0 Å². The fourth-order valence-corrected chi connectivity index (χ4v) is 3.40. The molecule has 21 heavy (non-hydrogen) atoms. The highest BCUT2D eigenvalue weighted by atomic mass is 35.5. The summed E-state index contributed by atoms with van der Waals surface area (Å²) in [4.78, 5) is 21.2. The zero-order valence-corrected chi connectivity index (χ0v) is 14.0. The van der Waals surface area contributed by atoms with Gasteiger partial charge in [-0.3, -0.25) is 9.69 Å². The Kier molecular flexibility index (Phi) is 5.98. The van der Waals surface area contributed by atoms with Gasteiger partial charge in [0.2, 0.25) is 5.91 Å². The lowest BCUT2D eigenvalue weighted by atomic mass is 10.0. The molecule has 2 aliphatic heterocycles. The summed E-state index contributed by atoms with van der Waals surface area (Å²) in [7, 11) is 0. The number of hydrogen-bond donors (Lipinski definition) is 1. The molecule has 1 aromatic heterocycles. The molecule has 0 unspecified atom stereocenters. The number of rotatable bonds is 4. The molecule has 2 aliphatic rings. The molecule has 0 saturated carbocycles. The van der Waals surface area contributed by atoms with Crippen molar-refractivity contribution in [2.45, 2.75) is 19.9 Å². The van der Waals surface area contributed by atoms with Crippen LogP contribution in [0, 0.1) is 5.92 Å². The molecular formula is C14H23ClN4OS. The number of halogens is 1. The van der Waals surface area contributed by atoms with Gasteiger partial charge in [0.15, 0.2) is 0 Å². The van der Waals surface area contributed by atoms with Gasteiger partial charge < -0.3 is 10.2 Å². The van der Waals surface area contributed by atoms with Gasteiger partial charge in [-0.05, 0) is 6.42 Å². The van der Waals surface area contributed by atoms with Crippen LogP contribution in [0.4, 0.5) is 0 Å². The summed E-state index contributed by atoms with van der Waals surface area (Å²) in [6.45, 7) is 8.43. The van der Waals surface area contributed by atoms with E-state index in [0.717, 1.165) is 52.2 Å². The SMILES string of the molecule is CCc1nc(CN2CCN(C(=O)C3CNC3)CC2)cs1.Cl. The van der Waals surface area contributed by atoms with E-state index in [1.165, 1.54) is 10.7 Å². The van der Waals surface area contributed by atoms with Crippen molar-refractivity contribution in [2.24, 2.45) is 5.92 Å². The average molecular weight is 331 g/mol. The smallest absolute Gasteiger partial charge is 0.228 e. The van der Waals surface area contributed by atoms with Gasteiger partial charge in [0, 0.05) is 51.2 Å². The van der Waals surface area contributed by atoms with E-state index in [-0.39, 0.29) is 18.3 Å². The Morgan fingerprint density at radius 2 is 2.10 bits per heavy atom. The Morgan fingerprint density at radius 1 is 1.38 bits per heavy atom. The lowest BCUT2D eigenvalue weighted by Gasteiger charge is -2.38. The van der Waals surface area contributed by atoms with Crippen molar-refractivity contribution < 1.29 is 4.79 Å². The molecule has 0 radical (unpaired) electrons. The third kappa shape index (κ3) is 3.94. The molecule has 7 heteroatoms. The fourth-order valence-electron chi connectivity index (χ4n) is 2.66. The van der Waals surface area contributed by atoms with Crippen LogP contribution in [-0.4, -0.2) is 60.0 Å².